The van der Waals surface area contributed by atoms with E-state index in [4.69, 9.17) is 5.73 Å². The molecule has 1 amide bonds. The van der Waals surface area contributed by atoms with Gasteiger partial charge in [-0.2, -0.15) is 0 Å². The molecule has 0 saturated carbocycles. The molecule has 1 atom stereocenters. The predicted molar refractivity (Wildman–Crippen MR) is 119 cm³/mol. The Morgan fingerprint density at radius 2 is 1.79 bits per heavy atom. The monoisotopic (exact) mass is 439 g/mol. The summed E-state index contributed by atoms with van der Waals surface area (Å²) >= 11 is 1.65. The molecule has 150 valence electrons. The highest BCUT2D eigenvalue weighted by Gasteiger charge is 2.26. The Labute approximate surface area is 180 Å². The quantitative estimate of drug-likeness (QED) is 0.676. The predicted octanol–water partition coefficient (Wildman–Crippen LogP) is 2.75. The van der Waals surface area contributed by atoms with Gasteiger partial charge in [-0.25, -0.2) is 9.97 Å². The minimum absolute atomic E-state index is 0. The standard InChI is InChI=1S/C19H21N5OS.2ClH/c20-15(12-14-4-2-1-3-5-14)19(25)24-9-7-23(8-10-24)18-17-16(6-11-26-17)21-13-22-18;;/h1-6,11,13,15H,7-10,12,20H2;2*1H. The van der Waals surface area contributed by atoms with Crippen LogP contribution in [0.25, 0.3) is 10.2 Å². The van der Waals surface area contributed by atoms with Gasteiger partial charge in [0, 0.05) is 26.2 Å². The number of piperazine rings is 1. The molecule has 1 saturated heterocycles. The van der Waals surface area contributed by atoms with Gasteiger partial charge in [0.1, 0.15) is 12.1 Å². The third-order valence-corrected chi connectivity index (χ3v) is 5.63. The van der Waals surface area contributed by atoms with Crippen LogP contribution in [0.1, 0.15) is 5.56 Å². The molecule has 2 aromatic heterocycles. The number of halogens is 2. The van der Waals surface area contributed by atoms with E-state index in [1.54, 1.807) is 17.7 Å². The van der Waals surface area contributed by atoms with E-state index in [0.29, 0.717) is 19.5 Å². The van der Waals surface area contributed by atoms with Gasteiger partial charge < -0.3 is 15.5 Å². The number of aromatic nitrogens is 2. The Balaban J connectivity index is 0.00000140. The molecule has 0 bridgehead atoms. The van der Waals surface area contributed by atoms with Crippen molar-refractivity contribution in [2.24, 2.45) is 5.73 Å². The average molecular weight is 440 g/mol. The van der Waals surface area contributed by atoms with Gasteiger partial charge in [-0.15, -0.1) is 36.2 Å². The van der Waals surface area contributed by atoms with Crippen LogP contribution in [0, 0.1) is 0 Å². The summed E-state index contributed by atoms with van der Waals surface area (Å²) in [6.45, 7) is 2.85. The highest BCUT2D eigenvalue weighted by molar-refractivity contribution is 7.17. The van der Waals surface area contributed by atoms with E-state index in [1.165, 1.54) is 0 Å². The molecule has 1 fully saturated rings. The van der Waals surface area contributed by atoms with Crippen LogP contribution in [0.2, 0.25) is 0 Å². The molecule has 0 aliphatic carbocycles. The molecule has 3 heterocycles. The van der Waals surface area contributed by atoms with E-state index >= 15 is 0 Å². The number of nitrogens with zero attached hydrogens (tertiary/aromatic N) is 4. The van der Waals surface area contributed by atoms with E-state index in [-0.39, 0.29) is 30.7 Å². The average Bonchev–Trinajstić information content (AvgIpc) is 3.17. The van der Waals surface area contributed by atoms with Crippen molar-refractivity contribution in [3.63, 3.8) is 0 Å². The molecular formula is C19H23Cl2N5OS. The minimum atomic E-state index is -0.494. The maximum Gasteiger partial charge on any atom is 0.239 e. The summed E-state index contributed by atoms with van der Waals surface area (Å²) in [5, 5.41) is 2.03. The van der Waals surface area contributed by atoms with Crippen LogP contribution in [0.4, 0.5) is 5.82 Å². The number of thiophene rings is 1. The number of hydrogen-bond acceptors (Lipinski definition) is 6. The maximum atomic E-state index is 12.7. The van der Waals surface area contributed by atoms with Crippen molar-refractivity contribution >= 4 is 58.1 Å². The van der Waals surface area contributed by atoms with Gasteiger partial charge in [0.25, 0.3) is 0 Å². The zero-order chi connectivity index (χ0) is 17.9. The summed E-state index contributed by atoms with van der Waals surface area (Å²) in [4.78, 5) is 25.5. The fourth-order valence-electron chi connectivity index (χ4n) is 3.33. The van der Waals surface area contributed by atoms with Crippen LogP contribution in [0.15, 0.2) is 48.1 Å². The van der Waals surface area contributed by atoms with E-state index in [1.807, 2.05) is 46.7 Å². The molecule has 9 heteroatoms. The topological polar surface area (TPSA) is 75.4 Å². The first-order chi connectivity index (χ1) is 12.7. The molecule has 3 aromatic rings. The third kappa shape index (κ3) is 4.72. The van der Waals surface area contributed by atoms with Crippen molar-refractivity contribution in [1.82, 2.24) is 14.9 Å². The summed E-state index contributed by atoms with van der Waals surface area (Å²) in [6, 6.07) is 11.4. The highest BCUT2D eigenvalue weighted by atomic mass is 35.5. The Kier molecular flexibility index (Phi) is 8.00. The number of amides is 1. The lowest BCUT2D eigenvalue weighted by molar-refractivity contribution is -0.132. The van der Waals surface area contributed by atoms with Gasteiger partial charge in [-0.05, 0) is 23.4 Å². The van der Waals surface area contributed by atoms with Crippen LogP contribution >= 0.6 is 36.2 Å². The number of carbonyl (C=O) groups is 1. The van der Waals surface area contributed by atoms with Crippen molar-refractivity contribution in [1.29, 1.82) is 0 Å². The lowest BCUT2D eigenvalue weighted by Crippen LogP contribution is -2.53. The number of rotatable bonds is 4. The number of benzene rings is 1. The molecule has 1 unspecified atom stereocenters. The number of anilines is 1. The third-order valence-electron chi connectivity index (χ3n) is 4.73. The maximum absolute atomic E-state index is 12.7. The molecule has 1 aliphatic rings. The number of fused-ring (bicyclic) bond motifs is 1. The number of carbonyl (C=O) groups excluding carboxylic acids is 1. The van der Waals surface area contributed by atoms with Gasteiger partial charge in [-0.3, -0.25) is 4.79 Å². The van der Waals surface area contributed by atoms with Crippen LogP contribution in [-0.2, 0) is 11.2 Å². The second-order valence-electron chi connectivity index (χ2n) is 6.44. The molecule has 1 aliphatic heterocycles. The summed E-state index contributed by atoms with van der Waals surface area (Å²) < 4.78 is 1.10. The first-order valence-electron chi connectivity index (χ1n) is 8.74. The molecule has 1 aromatic carbocycles. The SMILES string of the molecule is Cl.Cl.NC(Cc1ccccc1)C(=O)N1CCN(c2ncnc3ccsc23)CC1. The van der Waals surface area contributed by atoms with Gasteiger partial charge in [0.05, 0.1) is 16.3 Å². The summed E-state index contributed by atoms with van der Waals surface area (Å²) in [5.41, 5.74) is 8.23. The van der Waals surface area contributed by atoms with Crippen molar-refractivity contribution in [3.8, 4) is 0 Å². The van der Waals surface area contributed by atoms with E-state index < -0.39 is 6.04 Å². The highest BCUT2D eigenvalue weighted by Crippen LogP contribution is 2.28. The summed E-state index contributed by atoms with van der Waals surface area (Å²) in [7, 11) is 0. The fraction of sp³-hybridized carbons (Fsp3) is 0.316. The Morgan fingerprint density at radius 1 is 1.07 bits per heavy atom. The molecule has 2 N–H and O–H groups in total. The molecule has 0 spiro atoms. The molecular weight excluding hydrogens is 417 g/mol. The first-order valence-corrected chi connectivity index (χ1v) is 9.62. The lowest BCUT2D eigenvalue weighted by atomic mass is 10.1. The molecule has 4 rings (SSSR count). The zero-order valence-electron chi connectivity index (χ0n) is 15.2. The smallest absolute Gasteiger partial charge is 0.239 e. The summed E-state index contributed by atoms with van der Waals surface area (Å²) in [5.74, 6) is 0.989. The van der Waals surface area contributed by atoms with E-state index in [9.17, 15) is 4.79 Å². The molecule has 0 radical (unpaired) electrons. The van der Waals surface area contributed by atoms with Gasteiger partial charge in [0.2, 0.25) is 5.91 Å². The van der Waals surface area contributed by atoms with E-state index in [0.717, 1.165) is 34.7 Å². The van der Waals surface area contributed by atoms with Crippen LogP contribution < -0.4 is 10.6 Å². The minimum Gasteiger partial charge on any atom is -0.352 e. The van der Waals surface area contributed by atoms with Crippen LogP contribution in [0.3, 0.4) is 0 Å². The molecule has 28 heavy (non-hydrogen) atoms. The second kappa shape index (κ2) is 10.0. The van der Waals surface area contributed by atoms with Crippen LogP contribution in [-0.4, -0.2) is 53.0 Å². The van der Waals surface area contributed by atoms with Crippen molar-refractivity contribution in [3.05, 3.63) is 53.7 Å². The Bertz CT molecular complexity index is 899. The Hall–Kier alpha value is -1.93. The van der Waals surface area contributed by atoms with Gasteiger partial charge >= 0.3 is 0 Å². The van der Waals surface area contributed by atoms with Crippen molar-refractivity contribution < 1.29 is 4.79 Å². The molecule has 6 nitrogen and oxygen atoms in total. The van der Waals surface area contributed by atoms with Gasteiger partial charge in [0.15, 0.2) is 0 Å². The summed E-state index contributed by atoms with van der Waals surface area (Å²) in [6.07, 6.45) is 2.18. The normalized spacial score (nSPS) is 14.9. The Morgan fingerprint density at radius 3 is 2.50 bits per heavy atom. The first kappa shape index (κ1) is 22.4. The van der Waals surface area contributed by atoms with Gasteiger partial charge in [-0.1, -0.05) is 30.3 Å². The van der Waals surface area contributed by atoms with Crippen molar-refractivity contribution in [2.45, 2.75) is 12.5 Å². The fourth-order valence-corrected chi connectivity index (χ4v) is 4.19. The van der Waals surface area contributed by atoms with Crippen LogP contribution in [0.5, 0.6) is 0 Å². The number of hydrogen-bond donors (Lipinski definition) is 1. The second-order valence-corrected chi connectivity index (χ2v) is 7.36. The van der Waals surface area contributed by atoms with Crippen molar-refractivity contribution in [2.75, 3.05) is 31.1 Å². The zero-order valence-corrected chi connectivity index (χ0v) is 17.7. The lowest BCUT2D eigenvalue weighted by Gasteiger charge is -2.36. The van der Waals surface area contributed by atoms with E-state index in [2.05, 4.69) is 14.9 Å². The number of nitrogens with two attached hydrogens (primary N) is 1. The largest absolute Gasteiger partial charge is 0.352 e.